The van der Waals surface area contributed by atoms with E-state index in [2.05, 4.69) is 21.4 Å². The molecule has 86 valence electrons. The zero-order valence-electron chi connectivity index (χ0n) is 9.27. The summed E-state index contributed by atoms with van der Waals surface area (Å²) in [6.45, 7) is 0.714. The number of nitriles is 1. The summed E-state index contributed by atoms with van der Waals surface area (Å²) in [6, 6.07) is 7.37. The zero-order valence-corrected chi connectivity index (χ0v) is 9.27. The van der Waals surface area contributed by atoms with Gasteiger partial charge in [-0.15, -0.1) is 0 Å². The van der Waals surface area contributed by atoms with Crippen LogP contribution in [0.2, 0.25) is 0 Å². The Bertz CT molecular complexity index is 524. The minimum Gasteiger partial charge on any atom is -0.399 e. The molecule has 2 aromatic rings. The molecule has 0 aliphatic carbocycles. The fourth-order valence-electron chi connectivity index (χ4n) is 1.56. The van der Waals surface area contributed by atoms with Crippen LogP contribution in [0.25, 0.3) is 0 Å². The quantitative estimate of drug-likeness (QED) is 0.691. The van der Waals surface area contributed by atoms with Crippen LogP contribution < -0.4 is 11.1 Å². The van der Waals surface area contributed by atoms with Crippen LogP contribution in [0.3, 0.4) is 0 Å². The van der Waals surface area contributed by atoms with E-state index >= 15 is 0 Å². The number of nitrogens with two attached hydrogens (primary N) is 1. The van der Waals surface area contributed by atoms with Gasteiger partial charge < -0.3 is 16.0 Å². The van der Waals surface area contributed by atoms with E-state index in [-0.39, 0.29) is 0 Å². The molecule has 0 aliphatic rings. The minimum absolute atomic E-state index is 0.560. The van der Waals surface area contributed by atoms with E-state index in [1.165, 1.54) is 0 Å². The molecular weight excluding hydrogens is 214 g/mol. The largest absolute Gasteiger partial charge is 0.399 e. The predicted molar refractivity (Wildman–Crippen MR) is 66.4 cm³/mol. The van der Waals surface area contributed by atoms with Crippen molar-refractivity contribution >= 4 is 11.4 Å². The third-order valence-corrected chi connectivity index (χ3v) is 2.40. The Morgan fingerprint density at radius 3 is 3.06 bits per heavy atom. The smallest absolute Gasteiger partial charge is 0.107 e. The number of rotatable bonds is 4. The Balaban J connectivity index is 1.97. The van der Waals surface area contributed by atoms with Crippen LogP contribution in [0, 0.1) is 11.3 Å². The molecule has 0 amide bonds. The number of nitrogens with zero attached hydrogens (tertiary/aromatic N) is 2. The Hall–Kier alpha value is -2.48. The van der Waals surface area contributed by atoms with E-state index < -0.39 is 0 Å². The van der Waals surface area contributed by atoms with Crippen molar-refractivity contribution in [2.24, 2.45) is 0 Å². The monoisotopic (exact) mass is 227 g/mol. The first-order chi connectivity index (χ1) is 8.29. The highest BCUT2D eigenvalue weighted by molar-refractivity contribution is 5.62. The van der Waals surface area contributed by atoms with Crippen LogP contribution in [-0.4, -0.2) is 16.5 Å². The van der Waals surface area contributed by atoms with Gasteiger partial charge in [-0.05, 0) is 18.2 Å². The van der Waals surface area contributed by atoms with Crippen molar-refractivity contribution in [1.29, 1.82) is 5.26 Å². The normalized spacial score (nSPS) is 9.82. The molecule has 17 heavy (non-hydrogen) atoms. The second kappa shape index (κ2) is 5.03. The summed E-state index contributed by atoms with van der Waals surface area (Å²) in [5.41, 5.74) is 7.57. The summed E-state index contributed by atoms with van der Waals surface area (Å²) < 4.78 is 0. The van der Waals surface area contributed by atoms with Crippen molar-refractivity contribution in [2.45, 2.75) is 6.42 Å². The Morgan fingerprint density at radius 2 is 2.35 bits per heavy atom. The van der Waals surface area contributed by atoms with Gasteiger partial charge in [0.1, 0.15) is 11.9 Å². The van der Waals surface area contributed by atoms with E-state index in [1.54, 1.807) is 24.5 Å². The maximum Gasteiger partial charge on any atom is 0.107 e. The summed E-state index contributed by atoms with van der Waals surface area (Å²) >= 11 is 0. The van der Waals surface area contributed by atoms with Gasteiger partial charge in [0, 0.05) is 31.0 Å². The van der Waals surface area contributed by atoms with E-state index in [4.69, 9.17) is 11.0 Å². The maximum atomic E-state index is 8.96. The highest BCUT2D eigenvalue weighted by atomic mass is 14.9. The van der Waals surface area contributed by atoms with Gasteiger partial charge in [0.05, 0.1) is 11.3 Å². The molecule has 0 saturated carbocycles. The first-order valence-electron chi connectivity index (χ1n) is 5.31. The summed E-state index contributed by atoms with van der Waals surface area (Å²) in [5.74, 6) is 0.923. The van der Waals surface area contributed by atoms with Crippen molar-refractivity contribution in [3.05, 3.63) is 42.0 Å². The first-order valence-corrected chi connectivity index (χ1v) is 5.31. The molecule has 4 N–H and O–H groups in total. The molecule has 1 aromatic heterocycles. The number of aromatic amines is 1. The molecule has 1 aromatic carbocycles. The molecule has 5 heteroatoms. The van der Waals surface area contributed by atoms with Crippen LogP contribution in [-0.2, 0) is 6.42 Å². The summed E-state index contributed by atoms with van der Waals surface area (Å²) in [4.78, 5) is 7.15. The molecule has 0 atom stereocenters. The molecule has 0 bridgehead atoms. The lowest BCUT2D eigenvalue weighted by atomic mass is 10.1. The zero-order chi connectivity index (χ0) is 12.1. The topological polar surface area (TPSA) is 90.5 Å². The third kappa shape index (κ3) is 2.75. The predicted octanol–water partition coefficient (Wildman–Crippen LogP) is 1.52. The van der Waals surface area contributed by atoms with Crippen LogP contribution in [0.4, 0.5) is 11.4 Å². The van der Waals surface area contributed by atoms with Gasteiger partial charge >= 0.3 is 0 Å². The number of imidazole rings is 1. The highest BCUT2D eigenvalue weighted by Crippen LogP contribution is 2.17. The molecular formula is C12H13N5. The molecule has 5 nitrogen and oxygen atoms in total. The van der Waals surface area contributed by atoms with Crippen molar-refractivity contribution in [2.75, 3.05) is 17.6 Å². The van der Waals surface area contributed by atoms with Crippen LogP contribution in [0.1, 0.15) is 11.4 Å². The van der Waals surface area contributed by atoms with Crippen molar-refractivity contribution in [3.8, 4) is 6.07 Å². The first kappa shape index (κ1) is 11.0. The van der Waals surface area contributed by atoms with Crippen LogP contribution in [0.5, 0.6) is 0 Å². The van der Waals surface area contributed by atoms with Gasteiger partial charge in [-0.3, -0.25) is 0 Å². The SMILES string of the molecule is N#Cc1cc(N)ccc1NCCc1ncc[nH]1. The third-order valence-electron chi connectivity index (χ3n) is 2.40. The molecule has 0 unspecified atom stereocenters. The molecule has 0 aliphatic heterocycles. The highest BCUT2D eigenvalue weighted by Gasteiger charge is 2.02. The maximum absolute atomic E-state index is 8.96. The number of hydrogen-bond acceptors (Lipinski definition) is 4. The summed E-state index contributed by atoms with van der Waals surface area (Å²) in [7, 11) is 0. The van der Waals surface area contributed by atoms with Crippen LogP contribution >= 0.6 is 0 Å². The lowest BCUT2D eigenvalue weighted by Crippen LogP contribution is -2.07. The van der Waals surface area contributed by atoms with Gasteiger partial charge in [0.2, 0.25) is 0 Å². The summed E-state index contributed by atoms with van der Waals surface area (Å²) in [6.07, 6.45) is 4.29. The van der Waals surface area contributed by atoms with E-state index in [9.17, 15) is 0 Å². The molecule has 0 radical (unpaired) electrons. The lowest BCUT2D eigenvalue weighted by Gasteiger charge is -2.07. The Labute approximate surface area is 99.3 Å². The van der Waals surface area contributed by atoms with Crippen molar-refractivity contribution < 1.29 is 0 Å². The van der Waals surface area contributed by atoms with Gasteiger partial charge in [-0.2, -0.15) is 5.26 Å². The average Bonchev–Trinajstić information content (AvgIpc) is 2.84. The van der Waals surface area contributed by atoms with Crippen LogP contribution in [0.15, 0.2) is 30.6 Å². The number of hydrogen-bond donors (Lipinski definition) is 3. The van der Waals surface area contributed by atoms with Crippen molar-refractivity contribution in [1.82, 2.24) is 9.97 Å². The van der Waals surface area contributed by atoms with Gasteiger partial charge in [0.15, 0.2) is 0 Å². The second-order valence-electron chi connectivity index (χ2n) is 3.63. The number of benzene rings is 1. The van der Waals surface area contributed by atoms with Gasteiger partial charge in [-0.1, -0.05) is 0 Å². The lowest BCUT2D eigenvalue weighted by molar-refractivity contribution is 0.927. The average molecular weight is 227 g/mol. The van der Waals surface area contributed by atoms with Crippen molar-refractivity contribution in [3.63, 3.8) is 0 Å². The number of H-pyrrole nitrogens is 1. The molecule has 0 spiro atoms. The number of anilines is 2. The molecule has 0 fully saturated rings. The van der Waals surface area contributed by atoms with Gasteiger partial charge in [0.25, 0.3) is 0 Å². The Morgan fingerprint density at radius 1 is 1.47 bits per heavy atom. The fourth-order valence-corrected chi connectivity index (χ4v) is 1.56. The Kier molecular flexibility index (Phi) is 3.26. The molecule has 2 rings (SSSR count). The van der Waals surface area contributed by atoms with Gasteiger partial charge in [-0.25, -0.2) is 4.98 Å². The number of nitrogens with one attached hydrogen (secondary N) is 2. The number of aromatic nitrogens is 2. The summed E-state index contributed by atoms with van der Waals surface area (Å²) in [5, 5.41) is 12.2. The molecule has 1 heterocycles. The fraction of sp³-hybridized carbons (Fsp3) is 0.167. The second-order valence-corrected chi connectivity index (χ2v) is 3.63. The number of nitrogen functional groups attached to an aromatic ring is 1. The van der Waals surface area contributed by atoms with E-state index in [0.717, 1.165) is 17.9 Å². The van der Waals surface area contributed by atoms with E-state index in [0.29, 0.717) is 17.8 Å². The minimum atomic E-state index is 0.560. The molecule has 0 saturated heterocycles. The standard InChI is InChI=1S/C12H13N5/c13-8-9-7-10(14)1-2-11(9)15-4-3-12-16-5-6-17-12/h1-2,5-7,15H,3-4,14H2,(H,16,17). The van der Waals surface area contributed by atoms with E-state index in [1.807, 2.05) is 6.07 Å².